The highest BCUT2D eigenvalue weighted by Crippen LogP contribution is 2.29. The fraction of sp³-hybridized carbons (Fsp3) is 0.207. The Labute approximate surface area is 200 Å². The Morgan fingerprint density at radius 1 is 0.882 bits per heavy atom. The third-order valence-corrected chi connectivity index (χ3v) is 6.19. The summed E-state index contributed by atoms with van der Waals surface area (Å²) in [7, 11) is 1.68. The summed E-state index contributed by atoms with van der Waals surface area (Å²) in [5, 5.41) is 0. The quantitative estimate of drug-likeness (QED) is 0.295. The number of nitrogens with zero attached hydrogens (tertiary/aromatic N) is 4. The third kappa shape index (κ3) is 4.42. The van der Waals surface area contributed by atoms with Gasteiger partial charge in [-0.3, -0.25) is 0 Å². The van der Waals surface area contributed by atoms with E-state index >= 15 is 0 Å². The van der Waals surface area contributed by atoms with Crippen molar-refractivity contribution in [2.75, 3.05) is 7.11 Å². The number of hydrogen-bond donors (Lipinski definition) is 0. The SMILES string of the molecule is COc1ccccc1-c1cc(Cc2ccc(C(C)C)c(Cn3cnc4ccccc43)c2)ncn1. The minimum atomic E-state index is 0.440. The standard InChI is InChI=1S/C29H28N4O/c1-20(2)24-13-12-21(14-22(24)17-33-19-32-26-9-5-6-10-28(26)33)15-23-16-27(31-18-30-23)25-8-4-7-11-29(25)34-3/h4-14,16,18-20H,15,17H2,1-3H3. The molecular weight excluding hydrogens is 420 g/mol. The van der Waals surface area contributed by atoms with Crippen LogP contribution >= 0.6 is 0 Å². The topological polar surface area (TPSA) is 52.8 Å². The van der Waals surface area contributed by atoms with Crippen LogP contribution in [0.2, 0.25) is 0 Å². The van der Waals surface area contributed by atoms with Crippen LogP contribution in [0.5, 0.6) is 5.75 Å². The van der Waals surface area contributed by atoms with E-state index in [1.807, 2.05) is 36.7 Å². The van der Waals surface area contributed by atoms with Gasteiger partial charge in [-0.05, 0) is 52.9 Å². The predicted molar refractivity (Wildman–Crippen MR) is 136 cm³/mol. The van der Waals surface area contributed by atoms with Crippen molar-refractivity contribution in [3.63, 3.8) is 0 Å². The summed E-state index contributed by atoms with van der Waals surface area (Å²) in [5.41, 5.74) is 8.90. The third-order valence-electron chi connectivity index (χ3n) is 6.19. The fourth-order valence-corrected chi connectivity index (χ4v) is 4.50. The molecule has 0 amide bonds. The molecular formula is C29H28N4O. The van der Waals surface area contributed by atoms with Gasteiger partial charge < -0.3 is 9.30 Å². The van der Waals surface area contributed by atoms with Crippen molar-refractivity contribution < 1.29 is 4.74 Å². The number of ether oxygens (including phenoxy) is 1. The molecule has 0 fully saturated rings. The molecule has 0 unspecified atom stereocenters. The number of hydrogen-bond acceptors (Lipinski definition) is 4. The second-order valence-electron chi connectivity index (χ2n) is 8.82. The Kier molecular flexibility index (Phi) is 6.09. The maximum atomic E-state index is 5.52. The van der Waals surface area contributed by atoms with E-state index in [1.54, 1.807) is 13.4 Å². The van der Waals surface area contributed by atoms with Crippen LogP contribution in [0, 0.1) is 0 Å². The highest BCUT2D eigenvalue weighted by molar-refractivity contribution is 5.75. The minimum absolute atomic E-state index is 0.440. The summed E-state index contributed by atoms with van der Waals surface area (Å²) >= 11 is 0. The Bertz CT molecular complexity index is 1440. The minimum Gasteiger partial charge on any atom is -0.496 e. The van der Waals surface area contributed by atoms with E-state index in [-0.39, 0.29) is 0 Å². The highest BCUT2D eigenvalue weighted by Gasteiger charge is 2.12. The van der Waals surface area contributed by atoms with Gasteiger partial charge in [-0.2, -0.15) is 0 Å². The molecule has 0 aliphatic rings. The molecule has 170 valence electrons. The molecule has 0 saturated heterocycles. The van der Waals surface area contributed by atoms with Gasteiger partial charge in [0.1, 0.15) is 12.1 Å². The molecule has 0 spiro atoms. The second-order valence-corrected chi connectivity index (χ2v) is 8.82. The first-order chi connectivity index (χ1) is 16.6. The summed E-state index contributed by atoms with van der Waals surface area (Å²) < 4.78 is 7.75. The van der Waals surface area contributed by atoms with Crippen LogP contribution < -0.4 is 4.74 Å². The van der Waals surface area contributed by atoms with Gasteiger partial charge in [0.15, 0.2) is 0 Å². The van der Waals surface area contributed by atoms with Gasteiger partial charge in [0, 0.05) is 24.2 Å². The van der Waals surface area contributed by atoms with Crippen molar-refractivity contribution in [1.82, 2.24) is 19.5 Å². The van der Waals surface area contributed by atoms with Gasteiger partial charge in [-0.1, -0.05) is 56.3 Å². The molecule has 0 radical (unpaired) electrons. The first-order valence-electron chi connectivity index (χ1n) is 11.6. The molecule has 0 aliphatic heterocycles. The molecule has 0 aliphatic carbocycles. The van der Waals surface area contributed by atoms with Crippen molar-refractivity contribution in [2.24, 2.45) is 0 Å². The Hall–Kier alpha value is -3.99. The van der Waals surface area contributed by atoms with Crippen LogP contribution in [-0.2, 0) is 13.0 Å². The lowest BCUT2D eigenvalue weighted by atomic mass is 9.93. The molecule has 5 aromatic rings. The number of benzene rings is 3. The lowest BCUT2D eigenvalue weighted by Crippen LogP contribution is -2.05. The maximum absolute atomic E-state index is 5.52. The molecule has 34 heavy (non-hydrogen) atoms. The maximum Gasteiger partial charge on any atom is 0.128 e. The molecule has 2 heterocycles. The molecule has 0 saturated carbocycles. The first kappa shape index (κ1) is 21.8. The smallest absolute Gasteiger partial charge is 0.128 e. The van der Waals surface area contributed by atoms with Crippen LogP contribution in [-0.4, -0.2) is 26.6 Å². The van der Waals surface area contributed by atoms with E-state index in [0.29, 0.717) is 5.92 Å². The van der Waals surface area contributed by atoms with Gasteiger partial charge in [0.2, 0.25) is 0 Å². The van der Waals surface area contributed by atoms with Crippen LogP contribution in [0.15, 0.2) is 85.5 Å². The van der Waals surface area contributed by atoms with Crippen LogP contribution in [0.4, 0.5) is 0 Å². The summed E-state index contributed by atoms with van der Waals surface area (Å²) in [6.07, 6.45) is 4.31. The monoisotopic (exact) mass is 448 g/mol. The van der Waals surface area contributed by atoms with E-state index in [9.17, 15) is 0 Å². The van der Waals surface area contributed by atoms with E-state index in [2.05, 4.69) is 75.8 Å². The number of fused-ring (bicyclic) bond motifs is 1. The van der Waals surface area contributed by atoms with Crippen LogP contribution in [0.25, 0.3) is 22.3 Å². The van der Waals surface area contributed by atoms with Gasteiger partial charge in [0.05, 0.1) is 30.2 Å². The van der Waals surface area contributed by atoms with E-state index in [4.69, 9.17) is 4.74 Å². The largest absolute Gasteiger partial charge is 0.496 e. The van der Waals surface area contributed by atoms with Gasteiger partial charge in [-0.15, -0.1) is 0 Å². The second kappa shape index (κ2) is 9.48. The molecule has 5 heteroatoms. The fourth-order valence-electron chi connectivity index (χ4n) is 4.50. The molecule has 0 N–H and O–H groups in total. The van der Waals surface area contributed by atoms with E-state index in [1.165, 1.54) is 16.7 Å². The Balaban J connectivity index is 1.46. The lowest BCUT2D eigenvalue weighted by molar-refractivity contribution is 0.416. The van der Waals surface area contributed by atoms with Crippen LogP contribution in [0.1, 0.15) is 42.1 Å². The average Bonchev–Trinajstić information content (AvgIpc) is 3.27. The van der Waals surface area contributed by atoms with Crippen molar-refractivity contribution in [2.45, 2.75) is 32.7 Å². The van der Waals surface area contributed by atoms with Gasteiger partial charge >= 0.3 is 0 Å². The number of aromatic nitrogens is 4. The van der Waals surface area contributed by atoms with E-state index in [0.717, 1.165) is 46.7 Å². The number of imidazole rings is 1. The van der Waals surface area contributed by atoms with Crippen molar-refractivity contribution >= 4 is 11.0 Å². The molecule has 0 atom stereocenters. The number of rotatable bonds is 7. The highest BCUT2D eigenvalue weighted by atomic mass is 16.5. The molecule has 5 nitrogen and oxygen atoms in total. The normalized spacial score (nSPS) is 11.3. The summed E-state index contributed by atoms with van der Waals surface area (Å²) in [5.74, 6) is 1.25. The van der Waals surface area contributed by atoms with Crippen molar-refractivity contribution in [1.29, 1.82) is 0 Å². The summed E-state index contributed by atoms with van der Waals surface area (Å²) in [6.45, 7) is 5.28. The first-order valence-corrected chi connectivity index (χ1v) is 11.6. The molecule has 5 rings (SSSR count). The zero-order valence-electron chi connectivity index (χ0n) is 19.8. The zero-order chi connectivity index (χ0) is 23.5. The van der Waals surface area contributed by atoms with Gasteiger partial charge in [-0.25, -0.2) is 15.0 Å². The Morgan fingerprint density at radius 2 is 1.71 bits per heavy atom. The van der Waals surface area contributed by atoms with Crippen molar-refractivity contribution in [3.05, 3.63) is 108 Å². The average molecular weight is 449 g/mol. The molecule has 3 aromatic carbocycles. The van der Waals surface area contributed by atoms with E-state index < -0.39 is 0 Å². The van der Waals surface area contributed by atoms with Crippen molar-refractivity contribution in [3.8, 4) is 17.0 Å². The number of methoxy groups -OCH3 is 1. The predicted octanol–water partition coefficient (Wildman–Crippen LogP) is 6.26. The zero-order valence-corrected chi connectivity index (χ0v) is 19.8. The van der Waals surface area contributed by atoms with Gasteiger partial charge in [0.25, 0.3) is 0 Å². The van der Waals surface area contributed by atoms with Crippen LogP contribution in [0.3, 0.4) is 0 Å². The number of para-hydroxylation sites is 3. The Morgan fingerprint density at radius 3 is 2.56 bits per heavy atom. The summed E-state index contributed by atoms with van der Waals surface area (Å²) in [6, 6.07) is 25.1. The lowest BCUT2D eigenvalue weighted by Gasteiger charge is -2.16. The summed E-state index contributed by atoms with van der Waals surface area (Å²) in [4.78, 5) is 13.6. The molecule has 0 bridgehead atoms. The molecule has 2 aromatic heterocycles.